The molecule has 0 unspecified atom stereocenters. The maximum Gasteiger partial charge on any atom is 0.417 e. The van der Waals surface area contributed by atoms with Gasteiger partial charge in [-0.3, -0.25) is 0 Å². The first-order chi connectivity index (χ1) is 14.0. The molecule has 0 atom stereocenters. The van der Waals surface area contributed by atoms with E-state index in [9.17, 15) is 21.6 Å². The molecule has 30 heavy (non-hydrogen) atoms. The number of alkyl halides is 3. The topological polar surface area (TPSA) is 77.2 Å². The van der Waals surface area contributed by atoms with E-state index in [0.29, 0.717) is 27.4 Å². The lowest BCUT2D eigenvalue weighted by molar-refractivity contribution is -0.137. The second-order valence-electron chi connectivity index (χ2n) is 6.48. The second kappa shape index (κ2) is 7.06. The molecule has 0 aliphatic carbocycles. The minimum atomic E-state index is -4.55. The Hall–Kier alpha value is -2.98. The molecule has 154 valence electrons. The SMILES string of the molecule is CS(=O)(=O)c1nccc(-c2c(-c3cccc(Cl)c3)nn3cc(C(F)(F)F)ccc23)n1. The summed E-state index contributed by atoms with van der Waals surface area (Å²) < 4.78 is 64.3. The summed E-state index contributed by atoms with van der Waals surface area (Å²) in [4.78, 5) is 7.88. The summed E-state index contributed by atoms with van der Waals surface area (Å²) in [6, 6.07) is 10.3. The predicted molar refractivity (Wildman–Crippen MR) is 105 cm³/mol. The highest BCUT2D eigenvalue weighted by atomic mass is 35.5. The van der Waals surface area contributed by atoms with Gasteiger partial charge in [-0.2, -0.15) is 18.3 Å². The monoisotopic (exact) mass is 452 g/mol. The van der Waals surface area contributed by atoms with Gasteiger partial charge in [0.25, 0.3) is 0 Å². The average molecular weight is 453 g/mol. The van der Waals surface area contributed by atoms with E-state index in [0.717, 1.165) is 23.0 Å². The molecule has 11 heteroatoms. The first-order valence-corrected chi connectivity index (χ1v) is 10.7. The number of pyridine rings is 1. The summed E-state index contributed by atoms with van der Waals surface area (Å²) in [6.45, 7) is 0. The molecule has 0 bridgehead atoms. The van der Waals surface area contributed by atoms with Gasteiger partial charge in [-0.1, -0.05) is 23.7 Å². The summed E-state index contributed by atoms with van der Waals surface area (Å²) in [7, 11) is -3.70. The molecule has 0 fully saturated rings. The van der Waals surface area contributed by atoms with E-state index in [4.69, 9.17) is 11.6 Å². The molecule has 0 N–H and O–H groups in total. The first kappa shape index (κ1) is 20.3. The normalized spacial score (nSPS) is 12.4. The van der Waals surface area contributed by atoms with Crippen molar-refractivity contribution < 1.29 is 21.6 Å². The molecule has 0 spiro atoms. The molecule has 3 aromatic heterocycles. The number of halogens is 4. The van der Waals surface area contributed by atoms with Gasteiger partial charge in [0.2, 0.25) is 15.0 Å². The zero-order chi connectivity index (χ0) is 21.7. The molecule has 3 heterocycles. The van der Waals surface area contributed by atoms with Gasteiger partial charge in [0.05, 0.1) is 22.3 Å². The number of nitrogens with zero attached hydrogens (tertiary/aromatic N) is 4. The van der Waals surface area contributed by atoms with Crippen LogP contribution in [0.2, 0.25) is 5.02 Å². The Morgan fingerprint density at radius 3 is 2.53 bits per heavy atom. The minimum Gasteiger partial charge on any atom is -0.239 e. The third kappa shape index (κ3) is 3.75. The molecule has 0 saturated carbocycles. The Balaban J connectivity index is 2.05. The van der Waals surface area contributed by atoms with Crippen LogP contribution in [0.3, 0.4) is 0 Å². The zero-order valence-electron chi connectivity index (χ0n) is 15.2. The number of hydrogen-bond acceptors (Lipinski definition) is 5. The largest absolute Gasteiger partial charge is 0.417 e. The van der Waals surface area contributed by atoms with Crippen molar-refractivity contribution in [3.8, 4) is 22.5 Å². The third-order valence-electron chi connectivity index (χ3n) is 4.28. The van der Waals surface area contributed by atoms with E-state index in [-0.39, 0.29) is 5.69 Å². The van der Waals surface area contributed by atoms with E-state index >= 15 is 0 Å². The van der Waals surface area contributed by atoms with Crippen molar-refractivity contribution in [2.75, 3.05) is 6.26 Å². The number of rotatable bonds is 3. The Kier molecular flexibility index (Phi) is 4.78. The molecule has 0 saturated heterocycles. The Bertz CT molecular complexity index is 1380. The number of hydrogen-bond donors (Lipinski definition) is 0. The second-order valence-corrected chi connectivity index (χ2v) is 8.82. The Labute approximate surface area is 173 Å². The van der Waals surface area contributed by atoms with Crippen LogP contribution in [0, 0.1) is 0 Å². The lowest BCUT2D eigenvalue weighted by atomic mass is 10.0. The van der Waals surface area contributed by atoms with Crippen LogP contribution in [0.4, 0.5) is 13.2 Å². The zero-order valence-corrected chi connectivity index (χ0v) is 16.8. The van der Waals surface area contributed by atoms with Crippen LogP contribution in [-0.4, -0.2) is 34.3 Å². The van der Waals surface area contributed by atoms with E-state index in [1.165, 1.54) is 18.3 Å². The van der Waals surface area contributed by atoms with Gasteiger partial charge in [0.1, 0.15) is 5.69 Å². The lowest BCUT2D eigenvalue weighted by Gasteiger charge is -2.07. The molecule has 1 aromatic carbocycles. The fraction of sp³-hybridized carbons (Fsp3) is 0.105. The van der Waals surface area contributed by atoms with Gasteiger partial charge >= 0.3 is 6.18 Å². The maximum absolute atomic E-state index is 13.2. The van der Waals surface area contributed by atoms with Crippen LogP contribution < -0.4 is 0 Å². The van der Waals surface area contributed by atoms with E-state index < -0.39 is 26.7 Å². The first-order valence-electron chi connectivity index (χ1n) is 8.43. The summed E-state index contributed by atoms with van der Waals surface area (Å²) in [5, 5.41) is 4.32. The minimum absolute atomic E-state index is 0.204. The van der Waals surface area contributed by atoms with Crippen LogP contribution in [0.5, 0.6) is 0 Å². The number of benzene rings is 1. The molecular formula is C19H12ClF3N4O2S. The summed E-state index contributed by atoms with van der Waals surface area (Å²) in [6.07, 6.45) is -1.44. The number of fused-ring (bicyclic) bond motifs is 1. The highest BCUT2D eigenvalue weighted by molar-refractivity contribution is 7.90. The van der Waals surface area contributed by atoms with Gasteiger partial charge in [-0.05, 0) is 30.3 Å². The third-order valence-corrected chi connectivity index (χ3v) is 5.37. The Morgan fingerprint density at radius 1 is 1.10 bits per heavy atom. The van der Waals surface area contributed by atoms with E-state index in [1.807, 2.05) is 0 Å². The molecule has 4 aromatic rings. The summed E-state index contributed by atoms with van der Waals surface area (Å²) >= 11 is 6.07. The number of sulfone groups is 1. The van der Waals surface area contributed by atoms with Crippen LogP contribution in [0.15, 0.2) is 60.0 Å². The molecular weight excluding hydrogens is 441 g/mol. The van der Waals surface area contributed by atoms with Crippen LogP contribution in [-0.2, 0) is 16.0 Å². The smallest absolute Gasteiger partial charge is 0.239 e. The van der Waals surface area contributed by atoms with Crippen molar-refractivity contribution >= 4 is 27.0 Å². The van der Waals surface area contributed by atoms with Gasteiger partial charge in [0, 0.05) is 29.2 Å². The van der Waals surface area contributed by atoms with Crippen LogP contribution in [0.25, 0.3) is 28.0 Å². The van der Waals surface area contributed by atoms with Crippen molar-refractivity contribution in [3.63, 3.8) is 0 Å². The van der Waals surface area contributed by atoms with E-state index in [2.05, 4.69) is 15.1 Å². The van der Waals surface area contributed by atoms with Gasteiger partial charge in [-0.25, -0.2) is 22.9 Å². The lowest BCUT2D eigenvalue weighted by Crippen LogP contribution is -2.06. The van der Waals surface area contributed by atoms with Crippen molar-refractivity contribution in [3.05, 3.63) is 65.4 Å². The highest BCUT2D eigenvalue weighted by Crippen LogP contribution is 2.37. The van der Waals surface area contributed by atoms with Crippen molar-refractivity contribution in [1.82, 2.24) is 19.6 Å². The van der Waals surface area contributed by atoms with Crippen LogP contribution >= 0.6 is 11.6 Å². The number of aromatic nitrogens is 4. The molecule has 0 aliphatic rings. The van der Waals surface area contributed by atoms with Crippen molar-refractivity contribution in [2.45, 2.75) is 11.3 Å². The molecule has 0 amide bonds. The molecule has 0 radical (unpaired) electrons. The Morgan fingerprint density at radius 2 is 1.87 bits per heavy atom. The van der Waals surface area contributed by atoms with Gasteiger partial charge in [-0.15, -0.1) is 0 Å². The summed E-state index contributed by atoms with van der Waals surface area (Å²) in [5.41, 5.74) is 0.843. The average Bonchev–Trinajstić information content (AvgIpc) is 3.05. The summed E-state index contributed by atoms with van der Waals surface area (Å²) in [5.74, 6) is 0. The molecule has 6 nitrogen and oxygen atoms in total. The van der Waals surface area contributed by atoms with E-state index in [1.54, 1.807) is 24.3 Å². The fourth-order valence-corrected chi connectivity index (χ4v) is 3.67. The van der Waals surface area contributed by atoms with Crippen molar-refractivity contribution in [1.29, 1.82) is 0 Å². The van der Waals surface area contributed by atoms with Gasteiger partial charge in [0.15, 0.2) is 0 Å². The van der Waals surface area contributed by atoms with Crippen molar-refractivity contribution in [2.24, 2.45) is 0 Å². The standard InChI is InChI=1S/C19H12ClF3N4O2S/c1-30(28,29)18-24-8-7-14(25-18)16-15-6-5-12(19(21,22)23)10-27(15)26-17(16)11-3-2-4-13(20)9-11/h2-10H,1H3. The predicted octanol–water partition coefficient (Wildman–Crippen LogP) is 4.53. The molecule has 4 rings (SSSR count). The van der Waals surface area contributed by atoms with Gasteiger partial charge < -0.3 is 0 Å². The quantitative estimate of drug-likeness (QED) is 0.427. The highest BCUT2D eigenvalue weighted by Gasteiger charge is 2.31. The van der Waals surface area contributed by atoms with Crippen LogP contribution in [0.1, 0.15) is 5.56 Å². The maximum atomic E-state index is 13.2. The molecule has 0 aliphatic heterocycles. The fourth-order valence-electron chi connectivity index (χ4n) is 2.97.